The van der Waals surface area contributed by atoms with Gasteiger partial charge in [-0.2, -0.15) is 13.2 Å². The predicted octanol–water partition coefficient (Wildman–Crippen LogP) is 5.08. The number of carbonyl (C=O) groups excluding carboxylic acids is 1. The Morgan fingerprint density at radius 3 is 2.43 bits per heavy atom. The van der Waals surface area contributed by atoms with E-state index in [1.807, 2.05) is 11.0 Å². The van der Waals surface area contributed by atoms with Crippen LogP contribution < -0.4 is 15.5 Å². The lowest BCUT2D eigenvalue weighted by molar-refractivity contribution is -0.110. The molecule has 7 nitrogen and oxygen atoms in total. The van der Waals surface area contributed by atoms with E-state index < -0.39 is 6.18 Å². The number of morpholine rings is 1. The molecule has 2 aromatic rings. The maximum atomic E-state index is 12.6. The van der Waals surface area contributed by atoms with Gasteiger partial charge in [-0.3, -0.25) is 0 Å². The molecule has 3 aliphatic heterocycles. The monoisotopic (exact) mass is 517 g/mol. The van der Waals surface area contributed by atoms with E-state index in [0.29, 0.717) is 0 Å². The van der Waals surface area contributed by atoms with E-state index in [4.69, 9.17) is 9.72 Å². The molecule has 2 N–H and O–H groups in total. The van der Waals surface area contributed by atoms with Gasteiger partial charge >= 0.3 is 12.2 Å². The molecule has 2 fully saturated rings. The summed E-state index contributed by atoms with van der Waals surface area (Å²) in [5.74, 6) is 0.986. The number of rotatable bonds is 4. The van der Waals surface area contributed by atoms with E-state index in [2.05, 4.69) is 52.8 Å². The van der Waals surface area contributed by atoms with Crippen LogP contribution in [0.5, 0.6) is 0 Å². The Kier molecular flexibility index (Phi) is 8.71. The smallest absolute Gasteiger partial charge is 0.378 e. The van der Waals surface area contributed by atoms with Crippen LogP contribution in [0.4, 0.5) is 29.5 Å². The van der Waals surface area contributed by atoms with Crippen LogP contribution >= 0.6 is 0 Å². The van der Waals surface area contributed by atoms with Gasteiger partial charge in [0.2, 0.25) is 0 Å². The van der Waals surface area contributed by atoms with E-state index in [0.717, 1.165) is 93.7 Å². The van der Waals surface area contributed by atoms with Crippen molar-refractivity contribution in [3.8, 4) is 11.1 Å². The molecule has 0 bridgehead atoms. The van der Waals surface area contributed by atoms with Gasteiger partial charge in [0.05, 0.1) is 18.9 Å². The van der Waals surface area contributed by atoms with Gasteiger partial charge in [0.25, 0.3) is 0 Å². The van der Waals surface area contributed by atoms with Crippen LogP contribution in [-0.4, -0.2) is 74.6 Å². The van der Waals surface area contributed by atoms with Gasteiger partial charge in [-0.05, 0) is 66.3 Å². The number of hydrogen-bond acceptors (Lipinski definition) is 5. The van der Waals surface area contributed by atoms with Crippen molar-refractivity contribution >= 4 is 23.1 Å². The number of amides is 2. The first-order valence-corrected chi connectivity index (χ1v) is 12.7. The quantitative estimate of drug-likeness (QED) is 0.592. The topological polar surface area (TPSA) is 69.7 Å². The number of anilines is 2. The first kappa shape index (κ1) is 26.9. The molecule has 200 valence electrons. The molecule has 0 spiro atoms. The number of nitrogens with one attached hydrogen (secondary N) is 2. The summed E-state index contributed by atoms with van der Waals surface area (Å²) >= 11 is 0. The number of hydrogen-bond donors (Lipinski definition) is 2. The van der Waals surface area contributed by atoms with Crippen LogP contribution in [0.2, 0.25) is 0 Å². The molecule has 1 aromatic carbocycles. The molecule has 0 aliphatic carbocycles. The molecule has 5 rings (SSSR count). The minimum Gasteiger partial charge on any atom is -0.378 e. The van der Waals surface area contributed by atoms with Gasteiger partial charge in [0.1, 0.15) is 5.82 Å². The number of aryl methyl sites for hydroxylation is 1. The summed E-state index contributed by atoms with van der Waals surface area (Å²) in [5.41, 5.74) is 6.49. The van der Waals surface area contributed by atoms with Crippen molar-refractivity contribution in [3.05, 3.63) is 47.7 Å². The Labute approximate surface area is 215 Å². The summed E-state index contributed by atoms with van der Waals surface area (Å²) in [4.78, 5) is 21.8. The maximum Gasteiger partial charge on any atom is 0.386 e. The van der Waals surface area contributed by atoms with Gasteiger partial charge in [-0.15, -0.1) is 0 Å². The highest BCUT2D eigenvalue weighted by Gasteiger charge is 2.20. The second-order valence-corrected chi connectivity index (χ2v) is 9.49. The minimum absolute atomic E-state index is 0.0103. The lowest BCUT2D eigenvalue weighted by Crippen LogP contribution is -2.36. The number of alkyl halides is 3. The molecule has 4 heterocycles. The Hall–Kier alpha value is -3.11. The highest BCUT2D eigenvalue weighted by molar-refractivity contribution is 5.91. The number of likely N-dealkylation sites (tertiary alicyclic amines) is 1. The maximum absolute atomic E-state index is 12.6. The van der Waals surface area contributed by atoms with Crippen LogP contribution in [0, 0.1) is 6.92 Å². The molecular formula is C27H34F3N5O2. The van der Waals surface area contributed by atoms with Crippen molar-refractivity contribution in [1.82, 2.24) is 15.2 Å². The number of benzene rings is 1. The van der Waals surface area contributed by atoms with Crippen molar-refractivity contribution in [2.24, 2.45) is 0 Å². The van der Waals surface area contributed by atoms with E-state index in [1.54, 1.807) is 0 Å². The molecule has 2 saturated heterocycles. The predicted molar refractivity (Wildman–Crippen MR) is 140 cm³/mol. The van der Waals surface area contributed by atoms with E-state index in [1.165, 1.54) is 11.1 Å². The van der Waals surface area contributed by atoms with Gasteiger partial charge < -0.3 is 25.2 Å². The molecule has 1 aromatic heterocycles. The summed E-state index contributed by atoms with van der Waals surface area (Å²) in [7, 11) is 0. The number of ether oxygens (including phenoxy) is 1. The number of aromatic nitrogens is 1. The van der Waals surface area contributed by atoms with Crippen LogP contribution in [0.15, 0.2) is 36.4 Å². The van der Waals surface area contributed by atoms with Crippen molar-refractivity contribution in [2.45, 2.75) is 32.9 Å². The lowest BCUT2D eigenvalue weighted by Gasteiger charge is -2.28. The molecule has 0 saturated carbocycles. The molecule has 0 unspecified atom stereocenters. The summed E-state index contributed by atoms with van der Waals surface area (Å²) in [6, 6.07) is 10.5. The fourth-order valence-electron chi connectivity index (χ4n) is 4.59. The van der Waals surface area contributed by atoms with Crippen LogP contribution in [0.3, 0.4) is 0 Å². The molecule has 2 amide bonds. The second-order valence-electron chi connectivity index (χ2n) is 9.49. The van der Waals surface area contributed by atoms with Crippen molar-refractivity contribution < 1.29 is 22.7 Å². The third-order valence-corrected chi connectivity index (χ3v) is 6.48. The van der Waals surface area contributed by atoms with Gasteiger partial charge in [-0.1, -0.05) is 12.1 Å². The van der Waals surface area contributed by atoms with Crippen LogP contribution in [-0.2, 0) is 4.74 Å². The Morgan fingerprint density at radius 2 is 1.78 bits per heavy atom. The van der Waals surface area contributed by atoms with Crippen LogP contribution in [0.25, 0.3) is 16.7 Å². The first-order chi connectivity index (χ1) is 17.7. The number of nitrogens with zero attached hydrogens (tertiary/aromatic N) is 3. The zero-order valence-corrected chi connectivity index (χ0v) is 21.3. The summed E-state index contributed by atoms with van der Waals surface area (Å²) < 4.78 is 36.6. The normalized spacial score (nSPS) is 17.8. The van der Waals surface area contributed by atoms with E-state index in [9.17, 15) is 18.0 Å². The van der Waals surface area contributed by atoms with Gasteiger partial charge in [-0.25, -0.2) is 9.78 Å². The summed E-state index contributed by atoms with van der Waals surface area (Å²) in [6.45, 7) is 8.84. The zero-order chi connectivity index (χ0) is 26.4. The molecule has 37 heavy (non-hydrogen) atoms. The van der Waals surface area contributed by atoms with Crippen molar-refractivity contribution in [3.63, 3.8) is 0 Å². The Morgan fingerprint density at radius 1 is 1.08 bits per heavy atom. The first-order valence-electron chi connectivity index (χ1n) is 12.7. The third-order valence-electron chi connectivity index (χ3n) is 6.48. The van der Waals surface area contributed by atoms with Gasteiger partial charge in [0, 0.05) is 51.9 Å². The van der Waals surface area contributed by atoms with Crippen molar-refractivity contribution in [1.29, 1.82) is 0 Å². The Bertz CT molecular complexity index is 1120. The molecule has 10 heteroatoms. The van der Waals surface area contributed by atoms with Gasteiger partial charge in [0.15, 0.2) is 0 Å². The standard InChI is InChI=1S/C25H31N5O2.C2H3F3/c1-18-4-5-21(27-25(31)30-8-2-3-9-30)16-22(18)20-14-23(19-6-7-26-17-19)28-24(15-20)29-10-12-32-13-11-29;1-2(3,4)5/h4-6,14-16,26H,2-3,7-13,17H2,1H3,(H,27,31);1H3. The number of halogens is 3. The average Bonchev–Trinajstić information content (AvgIpc) is 3.59. The Balaban J connectivity index is 0.000000586. The molecular weight excluding hydrogens is 483 g/mol. The highest BCUT2D eigenvalue weighted by Crippen LogP contribution is 2.32. The average molecular weight is 518 g/mol. The fourth-order valence-corrected chi connectivity index (χ4v) is 4.59. The number of carbonyl (C=O) groups is 1. The summed E-state index contributed by atoms with van der Waals surface area (Å²) in [6.07, 6.45) is 0.386. The summed E-state index contributed by atoms with van der Waals surface area (Å²) in [5, 5.41) is 6.47. The third kappa shape index (κ3) is 7.69. The molecule has 0 radical (unpaired) electrons. The molecule has 3 aliphatic rings. The van der Waals surface area contributed by atoms with E-state index >= 15 is 0 Å². The van der Waals surface area contributed by atoms with Crippen LogP contribution in [0.1, 0.15) is 31.0 Å². The molecule has 0 atom stereocenters. The zero-order valence-electron chi connectivity index (χ0n) is 21.3. The number of urea groups is 1. The minimum atomic E-state index is -4.00. The van der Waals surface area contributed by atoms with E-state index in [-0.39, 0.29) is 13.0 Å². The fraction of sp³-hybridized carbons (Fsp3) is 0.481. The highest BCUT2D eigenvalue weighted by atomic mass is 19.4. The second kappa shape index (κ2) is 12.0. The largest absolute Gasteiger partial charge is 0.386 e. The van der Waals surface area contributed by atoms with Crippen molar-refractivity contribution in [2.75, 3.05) is 62.7 Å². The number of pyridine rings is 1. The SMILES string of the molecule is CC(F)(F)F.Cc1ccc(NC(=O)N2CCCC2)cc1-c1cc(C2=CCNC2)nc(N2CCOCC2)c1. The lowest BCUT2D eigenvalue weighted by atomic mass is 9.98.